The van der Waals surface area contributed by atoms with Gasteiger partial charge in [0.1, 0.15) is 11.8 Å². The summed E-state index contributed by atoms with van der Waals surface area (Å²) in [5, 5.41) is 4.79. The highest BCUT2D eigenvalue weighted by Gasteiger charge is 2.26. The molecule has 0 spiro atoms. The average Bonchev–Trinajstić information content (AvgIpc) is 2.76. The molecule has 0 fully saturated rings. The van der Waals surface area contributed by atoms with Crippen molar-refractivity contribution in [1.29, 1.82) is 0 Å². The lowest BCUT2D eigenvalue weighted by molar-refractivity contribution is -0.142. The van der Waals surface area contributed by atoms with Crippen LogP contribution in [-0.2, 0) is 16.1 Å². The molecule has 5 heteroatoms. The van der Waals surface area contributed by atoms with Gasteiger partial charge in [0.05, 0.1) is 0 Å². The molecule has 150 valence electrons. The van der Waals surface area contributed by atoms with E-state index in [4.69, 9.17) is 4.74 Å². The van der Waals surface area contributed by atoms with Crippen molar-refractivity contribution in [1.82, 2.24) is 10.2 Å². The fraction of sp³-hybridized carbons (Fsp3) is 0.250. The van der Waals surface area contributed by atoms with E-state index in [1.54, 1.807) is 11.8 Å². The maximum absolute atomic E-state index is 13.0. The van der Waals surface area contributed by atoms with E-state index in [2.05, 4.69) is 5.32 Å². The predicted octanol–water partition coefficient (Wildman–Crippen LogP) is 3.77. The lowest BCUT2D eigenvalue weighted by atomic mass is 10.1. The van der Waals surface area contributed by atoms with Crippen molar-refractivity contribution < 1.29 is 14.3 Å². The van der Waals surface area contributed by atoms with Gasteiger partial charge in [-0.25, -0.2) is 0 Å². The summed E-state index contributed by atoms with van der Waals surface area (Å²) in [5.74, 6) is 0.240. The first kappa shape index (κ1) is 20.4. The third-order valence-electron chi connectivity index (χ3n) is 4.81. The molecule has 1 N–H and O–H groups in total. The molecule has 1 atom stereocenters. The first-order chi connectivity index (χ1) is 14.1. The Kier molecular flexibility index (Phi) is 6.85. The maximum Gasteiger partial charge on any atom is 0.261 e. The Morgan fingerprint density at radius 1 is 0.966 bits per heavy atom. The number of benzene rings is 3. The number of carbonyl (C=O) groups is 2. The van der Waals surface area contributed by atoms with Crippen molar-refractivity contribution in [2.24, 2.45) is 0 Å². The Hall–Kier alpha value is -3.34. The summed E-state index contributed by atoms with van der Waals surface area (Å²) in [4.78, 5) is 27.0. The van der Waals surface area contributed by atoms with Gasteiger partial charge >= 0.3 is 0 Å². The van der Waals surface area contributed by atoms with E-state index in [0.717, 1.165) is 16.3 Å². The van der Waals surface area contributed by atoms with Gasteiger partial charge in [-0.15, -0.1) is 0 Å². The second-order valence-electron chi connectivity index (χ2n) is 6.84. The minimum absolute atomic E-state index is 0.134. The summed E-state index contributed by atoms with van der Waals surface area (Å²) in [6.07, 6.45) is 0. The molecule has 0 heterocycles. The molecule has 0 saturated carbocycles. The summed E-state index contributed by atoms with van der Waals surface area (Å²) in [5.41, 5.74) is 0.960. The van der Waals surface area contributed by atoms with Gasteiger partial charge in [-0.2, -0.15) is 0 Å². The molecule has 0 aliphatic heterocycles. The van der Waals surface area contributed by atoms with Crippen LogP contribution in [0.5, 0.6) is 5.75 Å². The van der Waals surface area contributed by atoms with E-state index in [0.29, 0.717) is 18.8 Å². The average molecular weight is 390 g/mol. The van der Waals surface area contributed by atoms with Crippen LogP contribution >= 0.6 is 0 Å². The van der Waals surface area contributed by atoms with Crippen molar-refractivity contribution in [2.75, 3.05) is 13.2 Å². The van der Waals surface area contributed by atoms with Gasteiger partial charge in [-0.05, 0) is 30.9 Å². The molecular formula is C24H26N2O3. The topological polar surface area (TPSA) is 58.6 Å². The van der Waals surface area contributed by atoms with Crippen LogP contribution in [0.1, 0.15) is 19.4 Å². The summed E-state index contributed by atoms with van der Waals surface area (Å²) < 4.78 is 5.87. The Bertz CT molecular complexity index is 967. The van der Waals surface area contributed by atoms with Crippen LogP contribution in [0, 0.1) is 0 Å². The van der Waals surface area contributed by atoms with Crippen molar-refractivity contribution in [3.8, 4) is 5.75 Å². The lowest BCUT2D eigenvalue weighted by Crippen LogP contribution is -2.49. The lowest BCUT2D eigenvalue weighted by Gasteiger charge is -2.28. The van der Waals surface area contributed by atoms with Crippen LogP contribution in [0.4, 0.5) is 0 Å². The van der Waals surface area contributed by atoms with Gasteiger partial charge < -0.3 is 15.0 Å². The van der Waals surface area contributed by atoms with Crippen LogP contribution in [-0.4, -0.2) is 35.9 Å². The molecule has 3 aromatic rings. The number of nitrogens with zero attached hydrogens (tertiary/aromatic N) is 1. The first-order valence-corrected chi connectivity index (χ1v) is 9.81. The fourth-order valence-corrected chi connectivity index (χ4v) is 3.23. The molecule has 29 heavy (non-hydrogen) atoms. The van der Waals surface area contributed by atoms with Crippen LogP contribution in [0.25, 0.3) is 10.8 Å². The van der Waals surface area contributed by atoms with Gasteiger partial charge in [-0.3, -0.25) is 9.59 Å². The van der Waals surface area contributed by atoms with E-state index in [1.807, 2.05) is 79.7 Å². The third kappa shape index (κ3) is 5.13. The van der Waals surface area contributed by atoms with Crippen LogP contribution in [0.2, 0.25) is 0 Å². The van der Waals surface area contributed by atoms with Gasteiger partial charge in [0.25, 0.3) is 5.91 Å². The summed E-state index contributed by atoms with van der Waals surface area (Å²) in [7, 11) is 0. The molecule has 0 aromatic heterocycles. The fourth-order valence-electron chi connectivity index (χ4n) is 3.23. The summed E-state index contributed by atoms with van der Waals surface area (Å²) in [6.45, 7) is 4.33. The Morgan fingerprint density at radius 3 is 2.41 bits per heavy atom. The third-order valence-corrected chi connectivity index (χ3v) is 4.81. The largest absolute Gasteiger partial charge is 0.483 e. The Balaban J connectivity index is 1.77. The van der Waals surface area contributed by atoms with Crippen molar-refractivity contribution in [3.63, 3.8) is 0 Å². The van der Waals surface area contributed by atoms with Crippen LogP contribution < -0.4 is 10.1 Å². The van der Waals surface area contributed by atoms with Crippen LogP contribution in [0.15, 0.2) is 72.8 Å². The van der Waals surface area contributed by atoms with Gasteiger partial charge in [0.15, 0.2) is 6.61 Å². The minimum atomic E-state index is -0.598. The molecule has 0 unspecified atom stereocenters. The number of hydrogen-bond acceptors (Lipinski definition) is 3. The predicted molar refractivity (Wildman–Crippen MR) is 115 cm³/mol. The van der Waals surface area contributed by atoms with E-state index < -0.39 is 6.04 Å². The standard InChI is InChI=1S/C24H26N2O3/c1-3-25-24(28)18(2)26(16-19-10-5-4-6-11-19)23(27)17-29-22-15-9-13-20-12-7-8-14-21(20)22/h4-15,18H,3,16-17H2,1-2H3,(H,25,28)/t18-/m1/s1. The molecular weight excluding hydrogens is 364 g/mol. The van der Waals surface area contributed by atoms with Gasteiger partial charge in [0.2, 0.25) is 5.91 Å². The SMILES string of the molecule is CCNC(=O)[C@@H](C)N(Cc1ccccc1)C(=O)COc1cccc2ccccc12. The van der Waals surface area contributed by atoms with E-state index in [1.165, 1.54) is 0 Å². The first-order valence-electron chi connectivity index (χ1n) is 9.81. The normalized spacial score (nSPS) is 11.7. The Morgan fingerprint density at radius 2 is 1.66 bits per heavy atom. The minimum Gasteiger partial charge on any atom is -0.483 e. The Labute approximate surface area is 171 Å². The van der Waals surface area contributed by atoms with E-state index >= 15 is 0 Å². The van der Waals surface area contributed by atoms with Crippen molar-refractivity contribution >= 4 is 22.6 Å². The van der Waals surface area contributed by atoms with Crippen LogP contribution in [0.3, 0.4) is 0 Å². The van der Waals surface area contributed by atoms with Crippen molar-refractivity contribution in [2.45, 2.75) is 26.4 Å². The zero-order valence-electron chi connectivity index (χ0n) is 16.8. The number of amides is 2. The monoisotopic (exact) mass is 390 g/mol. The quantitative estimate of drug-likeness (QED) is 0.637. The number of likely N-dealkylation sites (N-methyl/N-ethyl adjacent to an activating group) is 1. The second-order valence-corrected chi connectivity index (χ2v) is 6.84. The molecule has 0 bridgehead atoms. The summed E-state index contributed by atoms with van der Waals surface area (Å²) in [6, 6.07) is 22.7. The van der Waals surface area contributed by atoms with Gasteiger partial charge in [-0.1, -0.05) is 66.7 Å². The highest BCUT2D eigenvalue weighted by molar-refractivity contribution is 5.90. The molecule has 0 radical (unpaired) electrons. The summed E-state index contributed by atoms with van der Waals surface area (Å²) >= 11 is 0. The molecule has 3 aromatic carbocycles. The zero-order valence-corrected chi connectivity index (χ0v) is 16.8. The van der Waals surface area contributed by atoms with Gasteiger partial charge in [0, 0.05) is 18.5 Å². The molecule has 3 rings (SSSR count). The maximum atomic E-state index is 13.0. The van der Waals surface area contributed by atoms with E-state index in [-0.39, 0.29) is 18.4 Å². The number of fused-ring (bicyclic) bond motifs is 1. The number of nitrogens with one attached hydrogen (secondary N) is 1. The number of rotatable bonds is 8. The van der Waals surface area contributed by atoms with Crippen molar-refractivity contribution in [3.05, 3.63) is 78.4 Å². The highest BCUT2D eigenvalue weighted by atomic mass is 16.5. The number of carbonyl (C=O) groups excluding carboxylic acids is 2. The smallest absolute Gasteiger partial charge is 0.261 e. The highest BCUT2D eigenvalue weighted by Crippen LogP contribution is 2.25. The molecule has 0 aliphatic carbocycles. The number of hydrogen-bond donors (Lipinski definition) is 1. The number of ether oxygens (including phenoxy) is 1. The molecule has 0 aliphatic rings. The molecule has 5 nitrogen and oxygen atoms in total. The molecule has 0 saturated heterocycles. The van der Waals surface area contributed by atoms with E-state index in [9.17, 15) is 9.59 Å². The second kappa shape index (κ2) is 9.73. The zero-order chi connectivity index (χ0) is 20.6. The molecule has 2 amide bonds.